The van der Waals surface area contributed by atoms with Gasteiger partial charge in [-0.25, -0.2) is 9.97 Å². The largest absolute Gasteiger partial charge is 0.309 e. The third-order valence-corrected chi connectivity index (χ3v) is 3.81. The second-order valence-electron chi connectivity index (χ2n) is 3.54. The Kier molecular flexibility index (Phi) is 4.10. The van der Waals surface area contributed by atoms with Crippen LogP contribution < -0.4 is 5.32 Å². The first-order valence-electron chi connectivity index (χ1n) is 5.10. The van der Waals surface area contributed by atoms with E-state index < -0.39 is 0 Å². The number of aromatic nitrogens is 2. The Morgan fingerprint density at radius 3 is 2.65 bits per heavy atom. The molecular formula is C12H11BrClN3. The molecule has 0 bridgehead atoms. The molecule has 1 heterocycles. The van der Waals surface area contributed by atoms with Crippen LogP contribution in [0.5, 0.6) is 0 Å². The highest BCUT2D eigenvalue weighted by atomic mass is 79.9. The van der Waals surface area contributed by atoms with Crippen LogP contribution in [0.2, 0.25) is 5.02 Å². The number of nitrogens with one attached hydrogen (secondary N) is 1. The molecule has 0 radical (unpaired) electrons. The summed E-state index contributed by atoms with van der Waals surface area (Å²) >= 11 is 9.71. The van der Waals surface area contributed by atoms with E-state index in [-0.39, 0.29) is 6.04 Å². The van der Waals surface area contributed by atoms with Crippen LogP contribution in [-0.4, -0.2) is 17.0 Å². The van der Waals surface area contributed by atoms with E-state index in [0.717, 1.165) is 15.6 Å². The van der Waals surface area contributed by atoms with Crippen molar-refractivity contribution in [2.75, 3.05) is 7.05 Å². The number of benzene rings is 1. The maximum atomic E-state index is 6.29. The first-order chi connectivity index (χ1) is 8.24. The summed E-state index contributed by atoms with van der Waals surface area (Å²) in [5.74, 6) is 0. The van der Waals surface area contributed by atoms with E-state index in [1.54, 1.807) is 12.4 Å². The summed E-state index contributed by atoms with van der Waals surface area (Å²) in [6.45, 7) is 0. The molecule has 5 heteroatoms. The van der Waals surface area contributed by atoms with E-state index in [1.165, 1.54) is 6.33 Å². The maximum absolute atomic E-state index is 6.29. The van der Waals surface area contributed by atoms with Gasteiger partial charge in [0.2, 0.25) is 0 Å². The molecule has 0 saturated carbocycles. The maximum Gasteiger partial charge on any atom is 0.115 e. The first-order valence-corrected chi connectivity index (χ1v) is 6.27. The highest BCUT2D eigenvalue weighted by Crippen LogP contribution is 2.32. The van der Waals surface area contributed by atoms with E-state index >= 15 is 0 Å². The summed E-state index contributed by atoms with van der Waals surface area (Å²) in [5.41, 5.74) is 1.98. The highest BCUT2D eigenvalue weighted by Gasteiger charge is 2.16. The summed E-state index contributed by atoms with van der Waals surface area (Å²) in [6, 6.07) is 5.85. The Balaban J connectivity index is 2.46. The lowest BCUT2D eigenvalue weighted by Gasteiger charge is -2.18. The van der Waals surface area contributed by atoms with Crippen LogP contribution in [0.25, 0.3) is 0 Å². The van der Waals surface area contributed by atoms with Crippen LogP contribution in [0.4, 0.5) is 0 Å². The van der Waals surface area contributed by atoms with Crippen molar-refractivity contribution in [1.82, 2.24) is 15.3 Å². The molecule has 0 aliphatic heterocycles. The topological polar surface area (TPSA) is 37.8 Å². The zero-order valence-electron chi connectivity index (χ0n) is 9.19. The van der Waals surface area contributed by atoms with Crippen molar-refractivity contribution in [3.05, 3.63) is 57.5 Å². The summed E-state index contributed by atoms with van der Waals surface area (Å²) in [5, 5.41) is 3.92. The molecule has 17 heavy (non-hydrogen) atoms. The van der Waals surface area contributed by atoms with Gasteiger partial charge in [0.05, 0.1) is 11.1 Å². The summed E-state index contributed by atoms with van der Waals surface area (Å²) in [7, 11) is 1.88. The number of rotatable bonds is 3. The zero-order chi connectivity index (χ0) is 12.3. The van der Waals surface area contributed by atoms with E-state index in [0.29, 0.717) is 5.02 Å². The Morgan fingerprint density at radius 2 is 2.00 bits per heavy atom. The predicted octanol–water partition coefficient (Wildman–Crippen LogP) is 3.20. The molecule has 1 aromatic carbocycles. The Bertz CT molecular complexity index is 504. The fourth-order valence-corrected chi connectivity index (χ4v) is 2.32. The lowest BCUT2D eigenvalue weighted by atomic mass is 10.0. The highest BCUT2D eigenvalue weighted by molar-refractivity contribution is 9.10. The Morgan fingerprint density at radius 1 is 1.29 bits per heavy atom. The number of nitrogens with zero attached hydrogens (tertiary/aromatic N) is 2. The standard InChI is InChI=1S/C12H11BrClN3/c1-15-12(8-5-16-7-17-6-8)9-3-2-4-10(13)11(9)14/h2-7,12,15H,1H3. The smallest absolute Gasteiger partial charge is 0.115 e. The van der Waals surface area contributed by atoms with Gasteiger partial charge < -0.3 is 5.32 Å². The quantitative estimate of drug-likeness (QED) is 0.946. The monoisotopic (exact) mass is 311 g/mol. The third-order valence-electron chi connectivity index (χ3n) is 2.50. The van der Waals surface area contributed by atoms with Gasteiger partial charge in [-0.1, -0.05) is 23.7 Å². The van der Waals surface area contributed by atoms with Gasteiger partial charge in [-0.3, -0.25) is 0 Å². The van der Waals surface area contributed by atoms with Crippen molar-refractivity contribution in [3.63, 3.8) is 0 Å². The first kappa shape index (κ1) is 12.5. The van der Waals surface area contributed by atoms with Crippen molar-refractivity contribution in [3.8, 4) is 0 Å². The van der Waals surface area contributed by atoms with Crippen molar-refractivity contribution in [2.24, 2.45) is 0 Å². The number of halogens is 2. The fourth-order valence-electron chi connectivity index (χ4n) is 1.70. The SMILES string of the molecule is CNC(c1cncnc1)c1cccc(Br)c1Cl. The molecule has 0 amide bonds. The normalized spacial score (nSPS) is 12.4. The third kappa shape index (κ3) is 2.65. The minimum Gasteiger partial charge on any atom is -0.309 e. The molecule has 1 aromatic heterocycles. The Labute approximate surface area is 113 Å². The van der Waals surface area contributed by atoms with Gasteiger partial charge in [-0.15, -0.1) is 0 Å². The van der Waals surface area contributed by atoms with Gasteiger partial charge >= 0.3 is 0 Å². The average molecular weight is 313 g/mol. The predicted molar refractivity (Wildman–Crippen MR) is 72.1 cm³/mol. The average Bonchev–Trinajstić information content (AvgIpc) is 2.37. The van der Waals surface area contributed by atoms with Gasteiger partial charge in [0.15, 0.2) is 0 Å². The van der Waals surface area contributed by atoms with Crippen molar-refractivity contribution in [1.29, 1.82) is 0 Å². The van der Waals surface area contributed by atoms with Crippen LogP contribution in [0.15, 0.2) is 41.4 Å². The molecule has 0 fully saturated rings. The van der Waals surface area contributed by atoms with Crippen LogP contribution in [0, 0.1) is 0 Å². The van der Waals surface area contributed by atoms with E-state index in [4.69, 9.17) is 11.6 Å². The van der Waals surface area contributed by atoms with E-state index in [9.17, 15) is 0 Å². The lowest BCUT2D eigenvalue weighted by Crippen LogP contribution is -2.18. The number of hydrogen-bond acceptors (Lipinski definition) is 3. The van der Waals surface area contributed by atoms with Gasteiger partial charge in [0.25, 0.3) is 0 Å². The molecule has 1 N–H and O–H groups in total. The minimum absolute atomic E-state index is 0.0128. The van der Waals surface area contributed by atoms with Gasteiger partial charge in [0.1, 0.15) is 6.33 Å². The molecule has 2 rings (SSSR count). The Hall–Kier alpha value is -0.970. The lowest BCUT2D eigenvalue weighted by molar-refractivity contribution is 0.684. The van der Waals surface area contributed by atoms with E-state index in [2.05, 4.69) is 31.2 Å². The second-order valence-corrected chi connectivity index (χ2v) is 4.77. The van der Waals surface area contributed by atoms with Crippen LogP contribution in [0.1, 0.15) is 17.2 Å². The molecule has 1 atom stereocenters. The molecule has 0 saturated heterocycles. The van der Waals surface area contributed by atoms with Crippen LogP contribution in [0.3, 0.4) is 0 Å². The second kappa shape index (κ2) is 5.58. The fraction of sp³-hybridized carbons (Fsp3) is 0.167. The number of hydrogen-bond donors (Lipinski definition) is 1. The van der Waals surface area contributed by atoms with Crippen molar-refractivity contribution < 1.29 is 0 Å². The summed E-state index contributed by atoms with van der Waals surface area (Å²) in [4.78, 5) is 8.05. The molecule has 2 aromatic rings. The van der Waals surface area contributed by atoms with Crippen molar-refractivity contribution in [2.45, 2.75) is 6.04 Å². The molecule has 0 aliphatic carbocycles. The molecule has 3 nitrogen and oxygen atoms in total. The summed E-state index contributed by atoms with van der Waals surface area (Å²) < 4.78 is 0.883. The van der Waals surface area contributed by atoms with Crippen LogP contribution >= 0.6 is 27.5 Å². The molecule has 88 valence electrons. The van der Waals surface area contributed by atoms with Gasteiger partial charge in [-0.05, 0) is 34.6 Å². The summed E-state index contributed by atoms with van der Waals surface area (Å²) in [6.07, 6.45) is 5.08. The molecule has 0 aliphatic rings. The molecular weight excluding hydrogens is 302 g/mol. The minimum atomic E-state index is -0.0128. The molecule has 1 unspecified atom stereocenters. The van der Waals surface area contributed by atoms with E-state index in [1.807, 2.05) is 25.2 Å². The zero-order valence-corrected chi connectivity index (χ0v) is 11.5. The molecule has 0 spiro atoms. The van der Waals surface area contributed by atoms with Crippen LogP contribution in [-0.2, 0) is 0 Å². The van der Waals surface area contributed by atoms with Crippen molar-refractivity contribution >= 4 is 27.5 Å². The van der Waals surface area contributed by atoms with Gasteiger partial charge in [-0.2, -0.15) is 0 Å². The van der Waals surface area contributed by atoms with Gasteiger partial charge in [0, 0.05) is 22.4 Å².